The Kier molecular flexibility index (Phi) is 4.53. The van der Waals surface area contributed by atoms with Crippen molar-refractivity contribution in [2.24, 2.45) is 7.05 Å². The van der Waals surface area contributed by atoms with Crippen molar-refractivity contribution in [1.82, 2.24) is 9.78 Å². The van der Waals surface area contributed by atoms with Crippen LogP contribution in [-0.4, -0.2) is 9.78 Å². The SMILES string of the molecule is CCc1nn(C)c(COc2c(C)ccc(C)c2C)c1Br. The highest BCUT2D eigenvalue weighted by atomic mass is 79.9. The van der Waals surface area contributed by atoms with Crippen LogP contribution in [0.25, 0.3) is 0 Å². The topological polar surface area (TPSA) is 27.1 Å². The van der Waals surface area contributed by atoms with Crippen LogP contribution in [-0.2, 0) is 20.1 Å². The molecule has 0 saturated carbocycles. The van der Waals surface area contributed by atoms with E-state index >= 15 is 0 Å². The van der Waals surface area contributed by atoms with Crippen LogP contribution < -0.4 is 4.74 Å². The number of ether oxygens (including phenoxy) is 1. The molecule has 0 unspecified atom stereocenters. The molecule has 0 saturated heterocycles. The van der Waals surface area contributed by atoms with Gasteiger partial charge in [-0.3, -0.25) is 4.68 Å². The van der Waals surface area contributed by atoms with Gasteiger partial charge in [-0.05, 0) is 59.8 Å². The third-order valence-electron chi connectivity index (χ3n) is 3.73. The van der Waals surface area contributed by atoms with Gasteiger partial charge >= 0.3 is 0 Å². The number of rotatable bonds is 4. The average molecular weight is 337 g/mol. The van der Waals surface area contributed by atoms with E-state index in [0.717, 1.165) is 28.0 Å². The van der Waals surface area contributed by atoms with Crippen molar-refractivity contribution >= 4 is 15.9 Å². The van der Waals surface area contributed by atoms with Gasteiger partial charge in [-0.2, -0.15) is 5.10 Å². The molecule has 3 nitrogen and oxygen atoms in total. The summed E-state index contributed by atoms with van der Waals surface area (Å²) in [5.41, 5.74) is 5.77. The maximum Gasteiger partial charge on any atom is 0.131 e. The molecule has 0 bridgehead atoms. The van der Waals surface area contributed by atoms with E-state index in [-0.39, 0.29) is 0 Å². The Balaban J connectivity index is 2.26. The predicted octanol–water partition coefficient (Wildman–Crippen LogP) is 4.25. The van der Waals surface area contributed by atoms with E-state index in [1.165, 1.54) is 16.7 Å². The number of hydrogen-bond donors (Lipinski definition) is 0. The van der Waals surface area contributed by atoms with E-state index < -0.39 is 0 Å². The summed E-state index contributed by atoms with van der Waals surface area (Å²) in [4.78, 5) is 0. The molecule has 0 spiro atoms. The van der Waals surface area contributed by atoms with E-state index in [0.29, 0.717) is 6.61 Å². The van der Waals surface area contributed by atoms with Crippen LogP contribution in [0.5, 0.6) is 5.75 Å². The third-order valence-corrected chi connectivity index (χ3v) is 4.65. The molecule has 0 fully saturated rings. The van der Waals surface area contributed by atoms with Gasteiger partial charge in [-0.25, -0.2) is 0 Å². The molecule has 2 aromatic rings. The maximum absolute atomic E-state index is 6.06. The van der Waals surface area contributed by atoms with Crippen LogP contribution in [0.4, 0.5) is 0 Å². The molecular weight excluding hydrogens is 316 g/mol. The van der Waals surface area contributed by atoms with Crippen LogP contribution in [0.15, 0.2) is 16.6 Å². The quantitative estimate of drug-likeness (QED) is 0.834. The first-order chi connectivity index (χ1) is 9.45. The minimum atomic E-state index is 0.523. The molecule has 1 aromatic heterocycles. The van der Waals surface area contributed by atoms with Crippen molar-refractivity contribution in [2.75, 3.05) is 0 Å². The van der Waals surface area contributed by atoms with Gasteiger partial charge in [0.2, 0.25) is 0 Å². The summed E-state index contributed by atoms with van der Waals surface area (Å²) >= 11 is 3.62. The van der Waals surface area contributed by atoms with Gasteiger partial charge in [0.05, 0.1) is 15.9 Å². The molecule has 1 heterocycles. The van der Waals surface area contributed by atoms with Gasteiger partial charge in [0.15, 0.2) is 0 Å². The number of benzene rings is 1. The first kappa shape index (κ1) is 15.1. The van der Waals surface area contributed by atoms with Gasteiger partial charge in [-0.1, -0.05) is 19.1 Å². The molecule has 108 valence electrons. The first-order valence-electron chi connectivity index (χ1n) is 6.85. The summed E-state index contributed by atoms with van der Waals surface area (Å²) in [6.45, 7) is 8.92. The summed E-state index contributed by atoms with van der Waals surface area (Å²) in [5.74, 6) is 0.983. The predicted molar refractivity (Wildman–Crippen MR) is 85.3 cm³/mol. The van der Waals surface area contributed by atoms with Crippen LogP contribution in [0.2, 0.25) is 0 Å². The molecule has 2 rings (SSSR count). The second-order valence-corrected chi connectivity index (χ2v) is 5.92. The Morgan fingerprint density at radius 3 is 2.45 bits per heavy atom. The summed E-state index contributed by atoms with van der Waals surface area (Å²) in [7, 11) is 1.96. The summed E-state index contributed by atoms with van der Waals surface area (Å²) in [6.07, 6.45) is 0.914. The monoisotopic (exact) mass is 336 g/mol. The lowest BCUT2D eigenvalue weighted by Crippen LogP contribution is -2.05. The molecule has 0 aliphatic rings. The van der Waals surface area contributed by atoms with Gasteiger partial charge in [0.1, 0.15) is 12.4 Å². The fraction of sp³-hybridized carbons (Fsp3) is 0.438. The second-order valence-electron chi connectivity index (χ2n) is 5.13. The van der Waals surface area contributed by atoms with Crippen LogP contribution in [0, 0.1) is 20.8 Å². The highest BCUT2D eigenvalue weighted by molar-refractivity contribution is 9.10. The second kappa shape index (κ2) is 6.00. The molecule has 0 aliphatic carbocycles. The van der Waals surface area contributed by atoms with E-state index in [1.54, 1.807) is 0 Å². The zero-order valence-corrected chi connectivity index (χ0v) is 14.3. The molecule has 0 atom stereocenters. The molecule has 1 aromatic carbocycles. The third kappa shape index (κ3) is 2.75. The molecule has 0 amide bonds. The number of hydrogen-bond acceptors (Lipinski definition) is 2. The van der Waals surface area contributed by atoms with Crippen molar-refractivity contribution in [2.45, 2.75) is 40.7 Å². The molecular formula is C16H21BrN2O. The van der Waals surface area contributed by atoms with Gasteiger partial charge in [0.25, 0.3) is 0 Å². The molecule has 20 heavy (non-hydrogen) atoms. The highest BCUT2D eigenvalue weighted by Gasteiger charge is 2.14. The van der Waals surface area contributed by atoms with Crippen molar-refractivity contribution in [1.29, 1.82) is 0 Å². The Bertz CT molecular complexity index is 632. The Hall–Kier alpha value is -1.29. The fourth-order valence-corrected chi connectivity index (χ4v) is 3.00. The number of nitrogens with zero attached hydrogens (tertiary/aromatic N) is 2. The van der Waals surface area contributed by atoms with E-state index in [1.807, 2.05) is 11.7 Å². The van der Waals surface area contributed by atoms with E-state index in [9.17, 15) is 0 Å². The first-order valence-corrected chi connectivity index (χ1v) is 7.64. The molecule has 0 N–H and O–H groups in total. The average Bonchev–Trinajstić information content (AvgIpc) is 2.70. The van der Waals surface area contributed by atoms with Crippen LogP contribution in [0.3, 0.4) is 0 Å². The van der Waals surface area contributed by atoms with Crippen LogP contribution in [0.1, 0.15) is 35.0 Å². The maximum atomic E-state index is 6.06. The fourth-order valence-electron chi connectivity index (χ4n) is 2.26. The smallest absolute Gasteiger partial charge is 0.131 e. The van der Waals surface area contributed by atoms with Crippen molar-refractivity contribution < 1.29 is 4.74 Å². The Labute approximate surface area is 129 Å². The molecule has 0 radical (unpaired) electrons. The summed E-state index contributed by atoms with van der Waals surface area (Å²) in [5, 5.41) is 4.49. The molecule has 4 heteroatoms. The van der Waals surface area contributed by atoms with Crippen molar-refractivity contribution in [3.05, 3.63) is 44.7 Å². The number of aryl methyl sites for hydroxylation is 4. The highest BCUT2D eigenvalue weighted by Crippen LogP contribution is 2.28. The van der Waals surface area contributed by atoms with Gasteiger partial charge in [0, 0.05) is 7.05 Å². The summed E-state index contributed by atoms with van der Waals surface area (Å²) in [6, 6.07) is 4.24. The van der Waals surface area contributed by atoms with Gasteiger partial charge < -0.3 is 4.74 Å². The van der Waals surface area contributed by atoms with Crippen molar-refractivity contribution in [3.63, 3.8) is 0 Å². The Morgan fingerprint density at radius 1 is 1.20 bits per heavy atom. The lowest BCUT2D eigenvalue weighted by molar-refractivity contribution is 0.290. The number of aromatic nitrogens is 2. The lowest BCUT2D eigenvalue weighted by Gasteiger charge is -2.14. The minimum Gasteiger partial charge on any atom is -0.487 e. The van der Waals surface area contributed by atoms with Crippen LogP contribution >= 0.6 is 15.9 Å². The zero-order chi connectivity index (χ0) is 14.9. The zero-order valence-electron chi connectivity index (χ0n) is 12.7. The molecule has 0 aliphatic heterocycles. The largest absolute Gasteiger partial charge is 0.487 e. The van der Waals surface area contributed by atoms with E-state index in [4.69, 9.17) is 4.74 Å². The van der Waals surface area contributed by atoms with Gasteiger partial charge in [-0.15, -0.1) is 0 Å². The summed E-state index contributed by atoms with van der Waals surface area (Å²) < 4.78 is 9.02. The Morgan fingerprint density at radius 2 is 1.85 bits per heavy atom. The van der Waals surface area contributed by atoms with E-state index in [2.05, 4.69) is 60.9 Å². The standard InChI is InChI=1S/C16H21BrN2O/c1-6-13-15(17)14(19(5)18-13)9-20-16-11(3)8-7-10(2)12(16)4/h7-8H,6,9H2,1-5H3. The minimum absolute atomic E-state index is 0.523. The van der Waals surface area contributed by atoms with Crippen molar-refractivity contribution in [3.8, 4) is 5.75 Å². The normalized spacial score (nSPS) is 10.9. The number of halogens is 1. The lowest BCUT2D eigenvalue weighted by atomic mass is 10.1.